The van der Waals surface area contributed by atoms with Crippen LogP contribution < -0.4 is 9.54 Å². The van der Waals surface area contributed by atoms with Crippen molar-refractivity contribution in [2.75, 3.05) is 7.11 Å². The molecule has 6 nitrogen and oxygen atoms in total. The lowest BCUT2D eigenvalue weighted by Gasteiger charge is -2.02. The highest BCUT2D eigenvalue weighted by molar-refractivity contribution is 7.16. The molecule has 0 radical (unpaired) electrons. The first-order valence-electron chi connectivity index (χ1n) is 8.10. The Bertz CT molecular complexity index is 1280. The Morgan fingerprint density at radius 2 is 2.04 bits per heavy atom. The Morgan fingerprint density at radius 3 is 2.81 bits per heavy atom. The average molecular weight is 374 g/mol. The summed E-state index contributed by atoms with van der Waals surface area (Å²) in [6.45, 7) is 0.321. The summed E-state index contributed by atoms with van der Waals surface area (Å²) in [5, 5.41) is 0. The van der Waals surface area contributed by atoms with Crippen molar-refractivity contribution in [3.63, 3.8) is 0 Å². The van der Waals surface area contributed by atoms with Gasteiger partial charge in [-0.25, -0.2) is 0 Å². The molecule has 0 saturated heterocycles. The van der Waals surface area contributed by atoms with Crippen molar-refractivity contribution in [3.05, 3.63) is 59.2 Å². The van der Waals surface area contributed by atoms with Gasteiger partial charge in [0.05, 0.1) is 34.9 Å². The first kappa shape index (κ1) is 16.9. The van der Waals surface area contributed by atoms with Gasteiger partial charge >= 0.3 is 0 Å². The molecule has 0 saturated carbocycles. The van der Waals surface area contributed by atoms with Crippen molar-refractivity contribution in [3.8, 4) is 18.1 Å². The summed E-state index contributed by atoms with van der Waals surface area (Å²) in [6.07, 6.45) is 8.71. The van der Waals surface area contributed by atoms with E-state index >= 15 is 0 Å². The van der Waals surface area contributed by atoms with Crippen molar-refractivity contribution >= 4 is 38.5 Å². The second-order valence-corrected chi connectivity index (χ2v) is 6.69. The number of carbonyl (C=O) groups excluding carboxylic acids is 1. The number of terminal acetylenes is 1. The molecular formula is C20H14N4O2S. The first-order chi connectivity index (χ1) is 13.2. The van der Waals surface area contributed by atoms with Gasteiger partial charge in [-0.2, -0.15) is 4.99 Å². The fraction of sp³-hybridized carbons (Fsp3) is 0.100. The lowest BCUT2D eigenvalue weighted by molar-refractivity contribution is 0.0998. The number of methoxy groups -OCH3 is 1. The van der Waals surface area contributed by atoms with Gasteiger partial charge in [0.25, 0.3) is 5.91 Å². The molecule has 0 aliphatic rings. The van der Waals surface area contributed by atoms with Gasteiger partial charge in [-0.05, 0) is 36.4 Å². The van der Waals surface area contributed by atoms with Crippen LogP contribution in [0, 0.1) is 12.3 Å². The summed E-state index contributed by atoms with van der Waals surface area (Å²) in [4.78, 5) is 26.0. The quantitative estimate of drug-likeness (QED) is 0.517. The van der Waals surface area contributed by atoms with E-state index < -0.39 is 0 Å². The van der Waals surface area contributed by atoms with Crippen LogP contribution in [-0.2, 0) is 6.54 Å². The Hall–Kier alpha value is -3.50. The van der Waals surface area contributed by atoms with Gasteiger partial charge in [-0.3, -0.25) is 14.8 Å². The highest BCUT2D eigenvalue weighted by atomic mass is 32.1. The summed E-state index contributed by atoms with van der Waals surface area (Å²) in [6, 6.07) is 10.8. The van der Waals surface area contributed by atoms with Gasteiger partial charge in [-0.15, -0.1) is 6.42 Å². The standard InChI is InChI=1S/C20H14N4O2S/c1-3-10-24-17-7-5-14(26-2)12-18(17)27-20(24)23-19(25)13-4-6-15-16(11-13)22-9-8-21-15/h1,4-9,11-12H,10H2,2H3. The molecule has 4 rings (SSSR count). The highest BCUT2D eigenvalue weighted by Crippen LogP contribution is 2.23. The third kappa shape index (κ3) is 3.18. The minimum atomic E-state index is -0.355. The molecule has 0 bridgehead atoms. The fourth-order valence-corrected chi connectivity index (χ4v) is 3.81. The zero-order valence-electron chi connectivity index (χ0n) is 14.4. The molecule has 7 heteroatoms. The third-order valence-electron chi connectivity index (χ3n) is 4.05. The lowest BCUT2D eigenvalue weighted by atomic mass is 10.2. The van der Waals surface area contributed by atoms with Gasteiger partial charge in [0.15, 0.2) is 4.80 Å². The van der Waals surface area contributed by atoms with E-state index in [-0.39, 0.29) is 5.91 Å². The maximum Gasteiger partial charge on any atom is 0.279 e. The van der Waals surface area contributed by atoms with E-state index in [1.807, 2.05) is 22.8 Å². The zero-order chi connectivity index (χ0) is 18.8. The monoisotopic (exact) mass is 374 g/mol. The molecule has 1 amide bonds. The Morgan fingerprint density at radius 1 is 1.22 bits per heavy atom. The minimum Gasteiger partial charge on any atom is -0.497 e. The van der Waals surface area contributed by atoms with Crippen molar-refractivity contribution in [2.45, 2.75) is 6.54 Å². The number of aromatic nitrogens is 3. The molecule has 2 aromatic carbocycles. The summed E-state index contributed by atoms with van der Waals surface area (Å²) < 4.78 is 8.06. The minimum absolute atomic E-state index is 0.321. The first-order valence-corrected chi connectivity index (χ1v) is 8.92. The van der Waals surface area contributed by atoms with Crippen molar-refractivity contribution in [1.82, 2.24) is 14.5 Å². The number of ether oxygens (including phenoxy) is 1. The molecule has 0 aliphatic heterocycles. The highest BCUT2D eigenvalue weighted by Gasteiger charge is 2.10. The van der Waals surface area contributed by atoms with Gasteiger partial charge in [0.1, 0.15) is 5.75 Å². The van der Waals surface area contributed by atoms with Gasteiger partial charge in [0, 0.05) is 18.0 Å². The third-order valence-corrected chi connectivity index (χ3v) is 5.09. The number of hydrogen-bond donors (Lipinski definition) is 0. The van der Waals surface area contributed by atoms with Crippen molar-refractivity contribution < 1.29 is 9.53 Å². The fourth-order valence-electron chi connectivity index (χ4n) is 2.76. The van der Waals surface area contributed by atoms with Crippen LogP contribution in [0.25, 0.3) is 21.3 Å². The van der Waals surface area contributed by atoms with Crippen LogP contribution in [0.5, 0.6) is 5.75 Å². The molecule has 27 heavy (non-hydrogen) atoms. The number of fused-ring (bicyclic) bond motifs is 2. The average Bonchev–Trinajstić information content (AvgIpc) is 3.04. The van der Waals surface area contributed by atoms with E-state index in [1.54, 1.807) is 37.7 Å². The Labute approximate surface area is 158 Å². The van der Waals surface area contributed by atoms with Crippen LogP contribution >= 0.6 is 11.3 Å². The van der Waals surface area contributed by atoms with E-state index in [4.69, 9.17) is 11.2 Å². The van der Waals surface area contributed by atoms with Crippen LogP contribution in [0.15, 0.2) is 53.8 Å². The molecule has 132 valence electrons. The molecule has 0 spiro atoms. The molecule has 2 heterocycles. The van der Waals surface area contributed by atoms with E-state index in [2.05, 4.69) is 20.9 Å². The van der Waals surface area contributed by atoms with Crippen molar-refractivity contribution in [1.29, 1.82) is 0 Å². The zero-order valence-corrected chi connectivity index (χ0v) is 15.2. The maximum atomic E-state index is 12.7. The number of amides is 1. The van der Waals surface area contributed by atoms with E-state index in [0.29, 0.717) is 22.4 Å². The van der Waals surface area contributed by atoms with Gasteiger partial charge in [-0.1, -0.05) is 17.3 Å². The van der Waals surface area contributed by atoms with E-state index in [9.17, 15) is 4.79 Å². The van der Waals surface area contributed by atoms with E-state index in [0.717, 1.165) is 21.5 Å². The largest absolute Gasteiger partial charge is 0.497 e. The second-order valence-electron chi connectivity index (χ2n) is 5.69. The summed E-state index contributed by atoms with van der Waals surface area (Å²) in [5.41, 5.74) is 2.74. The number of rotatable bonds is 3. The molecule has 4 aromatic rings. The second kappa shape index (κ2) is 7.02. The molecular weight excluding hydrogens is 360 g/mol. The summed E-state index contributed by atoms with van der Waals surface area (Å²) in [7, 11) is 1.61. The topological polar surface area (TPSA) is 69.4 Å². The molecule has 2 aromatic heterocycles. The van der Waals surface area contributed by atoms with Crippen LogP contribution in [0.3, 0.4) is 0 Å². The normalized spacial score (nSPS) is 11.6. The van der Waals surface area contributed by atoms with Crippen LogP contribution in [0.4, 0.5) is 0 Å². The summed E-state index contributed by atoms with van der Waals surface area (Å²) >= 11 is 1.39. The van der Waals surface area contributed by atoms with Crippen LogP contribution in [0.1, 0.15) is 10.4 Å². The molecule has 0 atom stereocenters. The SMILES string of the molecule is C#CCn1c(=NC(=O)c2ccc3nccnc3c2)sc2cc(OC)ccc21. The number of hydrogen-bond acceptors (Lipinski definition) is 5. The number of nitrogens with zero attached hydrogens (tertiary/aromatic N) is 4. The Balaban J connectivity index is 1.83. The summed E-state index contributed by atoms with van der Waals surface area (Å²) in [5.74, 6) is 3.00. The van der Waals surface area contributed by atoms with Gasteiger partial charge < -0.3 is 9.30 Å². The van der Waals surface area contributed by atoms with Crippen LogP contribution in [-0.4, -0.2) is 27.6 Å². The van der Waals surface area contributed by atoms with Crippen molar-refractivity contribution in [2.24, 2.45) is 4.99 Å². The molecule has 0 aliphatic carbocycles. The lowest BCUT2D eigenvalue weighted by Crippen LogP contribution is -2.16. The number of carbonyl (C=O) groups is 1. The molecule has 0 N–H and O–H groups in total. The predicted molar refractivity (Wildman–Crippen MR) is 105 cm³/mol. The van der Waals surface area contributed by atoms with Crippen LogP contribution in [0.2, 0.25) is 0 Å². The maximum absolute atomic E-state index is 12.7. The Kier molecular flexibility index (Phi) is 4.40. The predicted octanol–water partition coefficient (Wildman–Crippen LogP) is 3.03. The molecule has 0 unspecified atom stereocenters. The molecule has 0 fully saturated rings. The number of benzene rings is 2. The van der Waals surface area contributed by atoms with Gasteiger partial charge in [0.2, 0.25) is 0 Å². The smallest absolute Gasteiger partial charge is 0.279 e. The van der Waals surface area contributed by atoms with E-state index in [1.165, 1.54) is 11.3 Å². The number of thiazole rings is 1.